The van der Waals surface area contributed by atoms with E-state index in [0.29, 0.717) is 0 Å². The van der Waals surface area contributed by atoms with Crippen LogP contribution in [0.1, 0.15) is 24.8 Å². The van der Waals surface area contributed by atoms with E-state index < -0.39 is 0 Å². The Morgan fingerprint density at radius 2 is 2.30 bits per heavy atom. The van der Waals surface area contributed by atoms with Crippen molar-refractivity contribution in [3.63, 3.8) is 0 Å². The highest BCUT2D eigenvalue weighted by molar-refractivity contribution is 7.18. The molecule has 6 heteroatoms. The van der Waals surface area contributed by atoms with E-state index in [9.17, 15) is 4.79 Å². The Hall–Kier alpha value is -1.69. The van der Waals surface area contributed by atoms with E-state index in [1.54, 1.807) is 17.7 Å². The van der Waals surface area contributed by atoms with Crippen LogP contribution in [-0.2, 0) is 9.53 Å². The predicted molar refractivity (Wildman–Crippen MR) is 79.2 cm³/mol. The molecule has 0 aliphatic carbocycles. The molecule has 0 amide bonds. The van der Waals surface area contributed by atoms with Crippen LogP contribution in [0.15, 0.2) is 11.7 Å². The van der Waals surface area contributed by atoms with Gasteiger partial charge in [-0.15, -0.1) is 11.3 Å². The first kappa shape index (κ1) is 13.3. The maximum absolute atomic E-state index is 12.0. The number of fused-ring (bicyclic) bond motifs is 1. The summed E-state index contributed by atoms with van der Waals surface area (Å²) in [6.45, 7) is 2.88. The first-order valence-corrected chi connectivity index (χ1v) is 7.63. The summed E-state index contributed by atoms with van der Waals surface area (Å²) < 4.78 is 5.99. The fourth-order valence-corrected chi connectivity index (χ4v) is 3.73. The number of methoxy groups -OCH3 is 1. The van der Waals surface area contributed by atoms with Crippen molar-refractivity contribution in [3.05, 3.63) is 17.3 Å². The molecule has 3 rings (SSSR count). The van der Waals surface area contributed by atoms with Crippen molar-refractivity contribution in [2.75, 3.05) is 18.6 Å². The van der Waals surface area contributed by atoms with Gasteiger partial charge in [0.1, 0.15) is 12.4 Å². The standard InChI is InChI=1S/C14H17N3O2S/c1-9-7-20-12-11(9)15-8-16-13(12)17-6-4-3-5-10(17)14(18)19-2/h7-8,10H,3-6H2,1-2H3. The van der Waals surface area contributed by atoms with Crippen LogP contribution < -0.4 is 4.90 Å². The lowest BCUT2D eigenvalue weighted by molar-refractivity contribution is -0.142. The number of hydrogen-bond acceptors (Lipinski definition) is 6. The molecule has 1 aliphatic rings. The molecule has 1 unspecified atom stereocenters. The van der Waals surface area contributed by atoms with E-state index in [-0.39, 0.29) is 12.0 Å². The molecule has 0 spiro atoms. The van der Waals surface area contributed by atoms with Gasteiger partial charge in [-0.2, -0.15) is 0 Å². The fraction of sp³-hybridized carbons (Fsp3) is 0.500. The van der Waals surface area contributed by atoms with Gasteiger partial charge in [-0.05, 0) is 37.1 Å². The number of piperidine rings is 1. The molecule has 0 N–H and O–H groups in total. The number of nitrogens with zero attached hydrogens (tertiary/aromatic N) is 3. The van der Waals surface area contributed by atoms with E-state index in [1.807, 2.05) is 6.92 Å². The number of carbonyl (C=O) groups is 1. The van der Waals surface area contributed by atoms with E-state index >= 15 is 0 Å². The zero-order valence-electron chi connectivity index (χ0n) is 11.6. The summed E-state index contributed by atoms with van der Waals surface area (Å²) in [6.07, 6.45) is 4.53. The molecule has 1 fully saturated rings. The molecule has 0 bridgehead atoms. The SMILES string of the molecule is COC(=O)C1CCCCN1c1ncnc2c(C)csc12. The Bertz CT molecular complexity index is 640. The molecule has 1 aliphatic heterocycles. The largest absolute Gasteiger partial charge is 0.467 e. The highest BCUT2D eigenvalue weighted by atomic mass is 32.1. The number of aryl methyl sites for hydroxylation is 1. The second-order valence-corrected chi connectivity index (χ2v) is 5.90. The number of rotatable bonds is 2. The van der Waals surface area contributed by atoms with Gasteiger partial charge in [0.15, 0.2) is 5.82 Å². The molecular weight excluding hydrogens is 274 g/mol. The first-order chi connectivity index (χ1) is 9.72. The third kappa shape index (κ3) is 2.14. The molecule has 2 aromatic rings. The van der Waals surface area contributed by atoms with Crippen molar-refractivity contribution in [2.45, 2.75) is 32.2 Å². The average Bonchev–Trinajstić information content (AvgIpc) is 2.88. The summed E-state index contributed by atoms with van der Waals surface area (Å²) in [5.41, 5.74) is 2.13. The van der Waals surface area contributed by atoms with Gasteiger partial charge in [-0.1, -0.05) is 0 Å². The van der Waals surface area contributed by atoms with Crippen LogP contribution in [0.3, 0.4) is 0 Å². The minimum atomic E-state index is -0.228. The summed E-state index contributed by atoms with van der Waals surface area (Å²) in [7, 11) is 1.44. The Balaban J connectivity index is 2.05. The number of anilines is 1. The molecular formula is C14H17N3O2S. The third-order valence-corrected chi connectivity index (χ3v) is 4.84. The predicted octanol–water partition coefficient (Wildman–Crippen LogP) is 2.53. The highest BCUT2D eigenvalue weighted by Gasteiger charge is 2.31. The van der Waals surface area contributed by atoms with Gasteiger partial charge < -0.3 is 9.64 Å². The Kier molecular flexibility index (Phi) is 3.56. The number of hydrogen-bond donors (Lipinski definition) is 0. The minimum Gasteiger partial charge on any atom is -0.467 e. The molecule has 106 valence electrons. The number of ether oxygens (including phenoxy) is 1. The van der Waals surface area contributed by atoms with Crippen molar-refractivity contribution in [1.29, 1.82) is 0 Å². The zero-order valence-corrected chi connectivity index (χ0v) is 12.4. The van der Waals surface area contributed by atoms with Crippen LogP contribution in [0.2, 0.25) is 0 Å². The zero-order chi connectivity index (χ0) is 14.1. The van der Waals surface area contributed by atoms with Gasteiger partial charge in [0.25, 0.3) is 0 Å². The lowest BCUT2D eigenvalue weighted by atomic mass is 10.0. The number of esters is 1. The maximum Gasteiger partial charge on any atom is 0.328 e. The van der Waals surface area contributed by atoms with Crippen LogP contribution in [0.4, 0.5) is 5.82 Å². The molecule has 1 atom stereocenters. The quantitative estimate of drug-likeness (QED) is 0.796. The van der Waals surface area contributed by atoms with Crippen molar-refractivity contribution in [1.82, 2.24) is 9.97 Å². The summed E-state index contributed by atoms with van der Waals surface area (Å²) in [4.78, 5) is 22.8. The number of carbonyl (C=O) groups excluding carboxylic acids is 1. The van der Waals surface area contributed by atoms with Crippen molar-refractivity contribution < 1.29 is 9.53 Å². The van der Waals surface area contributed by atoms with Gasteiger partial charge in [0, 0.05) is 6.54 Å². The summed E-state index contributed by atoms with van der Waals surface area (Å²) in [5, 5.41) is 2.08. The van der Waals surface area contributed by atoms with Gasteiger partial charge in [-0.3, -0.25) is 0 Å². The van der Waals surface area contributed by atoms with Crippen LogP contribution in [0.25, 0.3) is 10.2 Å². The molecule has 0 radical (unpaired) electrons. The monoisotopic (exact) mass is 291 g/mol. The smallest absolute Gasteiger partial charge is 0.328 e. The van der Waals surface area contributed by atoms with E-state index in [4.69, 9.17) is 4.74 Å². The first-order valence-electron chi connectivity index (χ1n) is 6.75. The number of thiophene rings is 1. The maximum atomic E-state index is 12.0. The van der Waals surface area contributed by atoms with Crippen LogP contribution in [-0.4, -0.2) is 35.6 Å². The molecule has 5 nitrogen and oxygen atoms in total. The summed E-state index contributed by atoms with van der Waals surface area (Å²) in [5.74, 6) is 0.688. The minimum absolute atomic E-state index is 0.176. The lowest BCUT2D eigenvalue weighted by Gasteiger charge is -2.34. The molecule has 1 saturated heterocycles. The lowest BCUT2D eigenvalue weighted by Crippen LogP contribution is -2.45. The van der Waals surface area contributed by atoms with Crippen LogP contribution in [0.5, 0.6) is 0 Å². The van der Waals surface area contributed by atoms with Crippen molar-refractivity contribution >= 4 is 33.3 Å². The highest BCUT2D eigenvalue weighted by Crippen LogP contribution is 2.34. The van der Waals surface area contributed by atoms with E-state index in [2.05, 4.69) is 20.2 Å². The second-order valence-electron chi connectivity index (χ2n) is 5.02. The molecule has 0 aromatic carbocycles. The normalized spacial score (nSPS) is 19.3. The van der Waals surface area contributed by atoms with Gasteiger partial charge in [-0.25, -0.2) is 14.8 Å². The summed E-state index contributed by atoms with van der Waals surface area (Å²) >= 11 is 1.64. The molecule has 0 saturated carbocycles. The Labute approximate surface area is 121 Å². The molecule has 20 heavy (non-hydrogen) atoms. The second kappa shape index (κ2) is 5.36. The third-order valence-electron chi connectivity index (χ3n) is 3.76. The topological polar surface area (TPSA) is 55.3 Å². The van der Waals surface area contributed by atoms with Crippen LogP contribution >= 0.6 is 11.3 Å². The average molecular weight is 291 g/mol. The van der Waals surface area contributed by atoms with Gasteiger partial charge in [0.05, 0.1) is 17.3 Å². The molecule has 3 heterocycles. The Morgan fingerprint density at radius 3 is 3.10 bits per heavy atom. The van der Waals surface area contributed by atoms with Crippen molar-refractivity contribution in [2.24, 2.45) is 0 Å². The number of aromatic nitrogens is 2. The van der Waals surface area contributed by atoms with Crippen molar-refractivity contribution in [3.8, 4) is 0 Å². The fourth-order valence-electron chi connectivity index (χ4n) is 2.73. The van der Waals surface area contributed by atoms with Gasteiger partial charge in [0.2, 0.25) is 0 Å². The van der Waals surface area contributed by atoms with Gasteiger partial charge >= 0.3 is 5.97 Å². The van der Waals surface area contributed by atoms with E-state index in [0.717, 1.165) is 47.4 Å². The van der Waals surface area contributed by atoms with Crippen LogP contribution in [0, 0.1) is 6.92 Å². The molecule has 2 aromatic heterocycles. The summed E-state index contributed by atoms with van der Waals surface area (Å²) in [6, 6.07) is -0.228. The van der Waals surface area contributed by atoms with E-state index in [1.165, 1.54) is 7.11 Å². The Morgan fingerprint density at radius 1 is 1.45 bits per heavy atom.